The first-order chi connectivity index (χ1) is 7.61. The minimum Gasteiger partial charge on any atom is -0.258 e. The number of aryl methyl sites for hydroxylation is 1. The summed E-state index contributed by atoms with van der Waals surface area (Å²) in [5.74, 6) is 0. The first-order valence-electron chi connectivity index (χ1n) is 4.53. The molecule has 1 aromatic carbocycles. The summed E-state index contributed by atoms with van der Waals surface area (Å²) in [6, 6.07) is 8.93. The van der Waals surface area contributed by atoms with Crippen LogP contribution in [0.1, 0.15) is 0 Å². The summed E-state index contributed by atoms with van der Waals surface area (Å²) in [4.78, 5) is 10.4. The Labute approximate surface area is 96.4 Å². The van der Waals surface area contributed by atoms with E-state index < -0.39 is 4.92 Å². The quantitative estimate of drug-likeness (QED) is 0.596. The van der Waals surface area contributed by atoms with Gasteiger partial charge in [-0.2, -0.15) is 5.10 Å². The van der Waals surface area contributed by atoms with E-state index in [0.717, 1.165) is 0 Å². The highest BCUT2D eigenvalue weighted by Crippen LogP contribution is 2.34. The highest BCUT2D eigenvalue weighted by Gasteiger charge is 2.26. The molecular formula is C10H8ClN3O2. The first-order valence-corrected chi connectivity index (χ1v) is 4.91. The Kier molecular flexibility index (Phi) is 2.62. The number of rotatable bonds is 2. The molecule has 1 aromatic heterocycles. The van der Waals surface area contributed by atoms with E-state index in [-0.39, 0.29) is 16.5 Å². The third-order valence-corrected chi connectivity index (χ3v) is 2.61. The van der Waals surface area contributed by atoms with Crippen LogP contribution in [0.15, 0.2) is 30.3 Å². The fraction of sp³-hybridized carbons (Fsp3) is 0.100. The van der Waals surface area contributed by atoms with Gasteiger partial charge in [-0.1, -0.05) is 41.9 Å². The van der Waals surface area contributed by atoms with Crippen LogP contribution in [0.4, 0.5) is 5.69 Å². The molecule has 0 atom stereocenters. The molecule has 0 unspecified atom stereocenters. The van der Waals surface area contributed by atoms with Crippen molar-refractivity contribution in [2.45, 2.75) is 0 Å². The Hall–Kier alpha value is -1.88. The lowest BCUT2D eigenvalue weighted by Crippen LogP contribution is -1.90. The van der Waals surface area contributed by atoms with Gasteiger partial charge in [0.2, 0.25) is 5.15 Å². The largest absolute Gasteiger partial charge is 0.333 e. The zero-order valence-corrected chi connectivity index (χ0v) is 9.18. The van der Waals surface area contributed by atoms with Crippen LogP contribution >= 0.6 is 11.6 Å². The van der Waals surface area contributed by atoms with Crippen LogP contribution in [-0.2, 0) is 7.05 Å². The van der Waals surface area contributed by atoms with Crippen LogP contribution < -0.4 is 0 Å². The summed E-state index contributed by atoms with van der Waals surface area (Å²) in [5, 5.41) is 15.0. The Morgan fingerprint density at radius 3 is 2.56 bits per heavy atom. The van der Waals surface area contributed by atoms with Gasteiger partial charge in [0.15, 0.2) is 5.69 Å². The molecule has 16 heavy (non-hydrogen) atoms. The molecule has 6 heteroatoms. The lowest BCUT2D eigenvalue weighted by atomic mass is 10.1. The summed E-state index contributed by atoms with van der Waals surface area (Å²) in [7, 11) is 1.57. The molecule has 0 aliphatic heterocycles. The third-order valence-electron chi connectivity index (χ3n) is 2.18. The van der Waals surface area contributed by atoms with Crippen molar-refractivity contribution < 1.29 is 4.92 Å². The number of nitrogens with zero attached hydrogens (tertiary/aromatic N) is 3. The molecule has 2 aromatic rings. The third kappa shape index (κ3) is 1.65. The maximum atomic E-state index is 10.9. The molecule has 0 saturated heterocycles. The molecule has 2 rings (SSSR count). The van der Waals surface area contributed by atoms with Crippen molar-refractivity contribution in [3.8, 4) is 11.3 Å². The SMILES string of the molecule is Cn1nc(-c2ccccc2)c([N+](=O)[O-])c1Cl. The smallest absolute Gasteiger partial charge is 0.258 e. The van der Waals surface area contributed by atoms with Crippen molar-refractivity contribution >= 4 is 17.3 Å². The zero-order chi connectivity index (χ0) is 11.7. The monoisotopic (exact) mass is 237 g/mol. The molecule has 82 valence electrons. The molecule has 0 spiro atoms. The molecule has 0 N–H and O–H groups in total. The average molecular weight is 238 g/mol. The molecule has 0 aliphatic rings. The number of benzene rings is 1. The summed E-state index contributed by atoms with van der Waals surface area (Å²) in [6.07, 6.45) is 0. The minimum absolute atomic E-state index is 0.0313. The number of nitro groups is 1. The molecular weight excluding hydrogens is 230 g/mol. The molecule has 0 saturated carbocycles. The van der Waals surface area contributed by atoms with Gasteiger partial charge >= 0.3 is 5.69 Å². The van der Waals surface area contributed by atoms with Crippen LogP contribution in [-0.4, -0.2) is 14.7 Å². The number of halogens is 1. The van der Waals surface area contributed by atoms with Gasteiger partial charge in [0.05, 0.1) is 4.92 Å². The Morgan fingerprint density at radius 1 is 1.38 bits per heavy atom. The summed E-state index contributed by atoms with van der Waals surface area (Å²) in [5.41, 5.74) is 0.810. The predicted molar refractivity (Wildman–Crippen MR) is 60.3 cm³/mol. The van der Waals surface area contributed by atoms with E-state index in [9.17, 15) is 10.1 Å². The second kappa shape index (κ2) is 3.94. The van der Waals surface area contributed by atoms with Gasteiger partial charge in [-0.05, 0) is 0 Å². The van der Waals surface area contributed by atoms with Gasteiger partial charge in [0, 0.05) is 12.6 Å². The van der Waals surface area contributed by atoms with E-state index in [4.69, 9.17) is 11.6 Å². The van der Waals surface area contributed by atoms with E-state index >= 15 is 0 Å². The number of aromatic nitrogens is 2. The normalized spacial score (nSPS) is 10.4. The second-order valence-electron chi connectivity index (χ2n) is 3.23. The van der Waals surface area contributed by atoms with Crippen LogP contribution in [0.5, 0.6) is 0 Å². The van der Waals surface area contributed by atoms with Gasteiger partial charge in [-0.15, -0.1) is 0 Å². The van der Waals surface area contributed by atoms with Crippen LogP contribution in [0.3, 0.4) is 0 Å². The molecule has 0 aliphatic carbocycles. The highest BCUT2D eigenvalue weighted by atomic mass is 35.5. The van der Waals surface area contributed by atoms with Gasteiger partial charge in [0.25, 0.3) is 0 Å². The van der Waals surface area contributed by atoms with Crippen molar-refractivity contribution in [1.29, 1.82) is 0 Å². The predicted octanol–water partition coefficient (Wildman–Crippen LogP) is 2.65. The van der Waals surface area contributed by atoms with E-state index in [0.29, 0.717) is 5.56 Å². The molecule has 0 fully saturated rings. The maximum absolute atomic E-state index is 10.9. The van der Waals surface area contributed by atoms with E-state index in [1.807, 2.05) is 6.07 Å². The van der Waals surface area contributed by atoms with Crippen molar-refractivity contribution in [2.75, 3.05) is 0 Å². The maximum Gasteiger partial charge on any atom is 0.333 e. The standard InChI is InChI=1S/C10H8ClN3O2/c1-13-10(11)9(14(15)16)8(12-13)7-5-3-2-4-6-7/h2-6H,1H3. The van der Waals surface area contributed by atoms with Crippen LogP contribution in [0.2, 0.25) is 5.15 Å². The topological polar surface area (TPSA) is 61.0 Å². The Balaban J connectivity index is 2.66. The molecule has 1 heterocycles. The number of hydrogen-bond acceptors (Lipinski definition) is 3. The minimum atomic E-state index is -0.516. The Morgan fingerprint density at radius 2 is 2.00 bits per heavy atom. The summed E-state index contributed by atoms with van der Waals surface area (Å²) < 4.78 is 1.29. The summed E-state index contributed by atoms with van der Waals surface area (Å²) >= 11 is 5.82. The van der Waals surface area contributed by atoms with Gasteiger partial charge in [0.1, 0.15) is 0 Å². The zero-order valence-electron chi connectivity index (χ0n) is 8.42. The fourth-order valence-electron chi connectivity index (χ4n) is 1.44. The van der Waals surface area contributed by atoms with Crippen LogP contribution in [0, 0.1) is 10.1 Å². The van der Waals surface area contributed by atoms with Crippen molar-refractivity contribution in [3.05, 3.63) is 45.6 Å². The van der Waals surface area contributed by atoms with Gasteiger partial charge in [-0.3, -0.25) is 14.8 Å². The first kappa shape index (κ1) is 10.6. The molecule has 0 radical (unpaired) electrons. The van der Waals surface area contributed by atoms with Crippen molar-refractivity contribution in [3.63, 3.8) is 0 Å². The Bertz CT molecular complexity index is 536. The lowest BCUT2D eigenvalue weighted by molar-refractivity contribution is -0.384. The molecule has 5 nitrogen and oxygen atoms in total. The fourth-order valence-corrected chi connectivity index (χ4v) is 1.64. The van der Waals surface area contributed by atoms with Crippen molar-refractivity contribution in [2.24, 2.45) is 7.05 Å². The van der Waals surface area contributed by atoms with E-state index in [2.05, 4.69) is 5.10 Å². The molecule has 0 bridgehead atoms. The second-order valence-corrected chi connectivity index (χ2v) is 3.59. The van der Waals surface area contributed by atoms with E-state index in [1.165, 1.54) is 4.68 Å². The highest BCUT2D eigenvalue weighted by molar-refractivity contribution is 6.32. The van der Waals surface area contributed by atoms with E-state index in [1.54, 1.807) is 31.3 Å². The summed E-state index contributed by atoms with van der Waals surface area (Å²) in [6.45, 7) is 0. The molecule has 0 amide bonds. The number of hydrogen-bond donors (Lipinski definition) is 0. The van der Waals surface area contributed by atoms with Crippen LogP contribution in [0.25, 0.3) is 11.3 Å². The average Bonchev–Trinajstić information content (AvgIpc) is 2.57. The lowest BCUT2D eigenvalue weighted by Gasteiger charge is -1.94. The van der Waals surface area contributed by atoms with Crippen molar-refractivity contribution in [1.82, 2.24) is 9.78 Å². The van der Waals surface area contributed by atoms with Gasteiger partial charge in [-0.25, -0.2) is 0 Å². The van der Waals surface area contributed by atoms with Gasteiger partial charge < -0.3 is 0 Å².